The summed E-state index contributed by atoms with van der Waals surface area (Å²) in [6.45, 7) is 4.48. The molecule has 5 nitrogen and oxygen atoms in total. The number of likely N-dealkylation sites (tertiary alicyclic amines) is 1. The molecule has 1 fully saturated rings. The number of aromatic amines is 1. The molecule has 2 N–H and O–H groups in total. The Hall–Kier alpha value is -2.14. The summed E-state index contributed by atoms with van der Waals surface area (Å²) in [7, 11) is 0. The van der Waals surface area contributed by atoms with Crippen LogP contribution in [0.1, 0.15) is 37.4 Å². The van der Waals surface area contributed by atoms with E-state index in [-0.39, 0.29) is 5.91 Å². The number of anilines is 1. The average Bonchev–Trinajstić information content (AvgIpc) is 3.04. The van der Waals surface area contributed by atoms with Crippen LogP contribution in [-0.2, 0) is 17.8 Å². The summed E-state index contributed by atoms with van der Waals surface area (Å²) in [5.74, 6) is -0.0355. The highest BCUT2D eigenvalue weighted by Gasteiger charge is 2.17. The zero-order valence-corrected chi connectivity index (χ0v) is 13.6. The van der Waals surface area contributed by atoms with Gasteiger partial charge in [0.25, 0.3) is 0 Å². The highest BCUT2D eigenvalue weighted by Crippen LogP contribution is 2.20. The van der Waals surface area contributed by atoms with Crippen LogP contribution in [0.15, 0.2) is 36.5 Å². The van der Waals surface area contributed by atoms with Crippen LogP contribution in [-0.4, -0.2) is 33.6 Å². The monoisotopic (exact) mass is 312 g/mol. The number of hydrogen-bond acceptors (Lipinski definition) is 3. The van der Waals surface area contributed by atoms with E-state index in [0.717, 1.165) is 17.9 Å². The maximum Gasteiger partial charge on any atom is 0.230 e. The zero-order chi connectivity index (χ0) is 16.1. The molecule has 5 heteroatoms. The first-order chi connectivity index (χ1) is 11.2. The third-order valence-electron chi connectivity index (χ3n) is 4.47. The topological polar surface area (TPSA) is 61.0 Å². The first-order valence-electron chi connectivity index (χ1n) is 8.32. The summed E-state index contributed by atoms with van der Waals surface area (Å²) in [4.78, 5) is 14.5. The van der Waals surface area contributed by atoms with E-state index in [9.17, 15) is 4.79 Å². The first-order valence-corrected chi connectivity index (χ1v) is 8.32. The number of rotatable bonds is 5. The fourth-order valence-electron chi connectivity index (χ4n) is 3.08. The van der Waals surface area contributed by atoms with Crippen LogP contribution in [0.2, 0.25) is 0 Å². The van der Waals surface area contributed by atoms with Crippen molar-refractivity contribution < 1.29 is 4.79 Å². The third-order valence-corrected chi connectivity index (χ3v) is 4.47. The van der Waals surface area contributed by atoms with Gasteiger partial charge in [-0.1, -0.05) is 18.6 Å². The van der Waals surface area contributed by atoms with E-state index in [1.807, 2.05) is 18.2 Å². The number of piperidine rings is 1. The van der Waals surface area contributed by atoms with Gasteiger partial charge in [-0.15, -0.1) is 0 Å². The third kappa shape index (κ3) is 4.42. The molecule has 1 aromatic carbocycles. The standard InChI is InChI=1S/C18H24N4O/c1-14-4-2-3-11-22(14)13-15-5-7-16(8-6-15)20-18(23)12-17-9-10-19-21-17/h5-10,14H,2-4,11-13H2,1H3,(H,19,21)(H,20,23)/t14-/m0/s1. The molecule has 2 aromatic rings. The van der Waals surface area contributed by atoms with Gasteiger partial charge in [-0.2, -0.15) is 5.10 Å². The van der Waals surface area contributed by atoms with Crippen LogP contribution in [0.3, 0.4) is 0 Å². The van der Waals surface area contributed by atoms with Crippen LogP contribution >= 0.6 is 0 Å². The molecule has 2 heterocycles. The second-order valence-electron chi connectivity index (χ2n) is 6.32. The van der Waals surface area contributed by atoms with Gasteiger partial charge in [-0.3, -0.25) is 14.8 Å². The predicted molar refractivity (Wildman–Crippen MR) is 91.1 cm³/mol. The summed E-state index contributed by atoms with van der Waals surface area (Å²) < 4.78 is 0. The Morgan fingerprint density at radius 3 is 2.83 bits per heavy atom. The maximum absolute atomic E-state index is 12.0. The molecule has 0 spiro atoms. The maximum atomic E-state index is 12.0. The zero-order valence-electron chi connectivity index (χ0n) is 13.6. The quantitative estimate of drug-likeness (QED) is 0.892. The van der Waals surface area contributed by atoms with Crippen LogP contribution in [0.25, 0.3) is 0 Å². The highest BCUT2D eigenvalue weighted by molar-refractivity contribution is 5.91. The van der Waals surface area contributed by atoms with Gasteiger partial charge in [0.2, 0.25) is 5.91 Å². The van der Waals surface area contributed by atoms with Crippen LogP contribution < -0.4 is 5.32 Å². The molecular formula is C18H24N4O. The van der Waals surface area contributed by atoms with Gasteiger partial charge in [-0.25, -0.2) is 0 Å². The summed E-state index contributed by atoms with van der Waals surface area (Å²) in [5, 5.41) is 9.56. The minimum Gasteiger partial charge on any atom is -0.326 e. The Morgan fingerprint density at radius 2 is 2.13 bits per heavy atom. The van der Waals surface area contributed by atoms with E-state index in [4.69, 9.17) is 0 Å². The molecule has 1 amide bonds. The van der Waals surface area contributed by atoms with E-state index >= 15 is 0 Å². The summed E-state index contributed by atoms with van der Waals surface area (Å²) in [5.41, 5.74) is 2.95. The molecule has 0 bridgehead atoms. The number of nitrogens with zero attached hydrogens (tertiary/aromatic N) is 2. The fraction of sp³-hybridized carbons (Fsp3) is 0.444. The van der Waals surface area contributed by atoms with E-state index in [1.165, 1.54) is 31.4 Å². The van der Waals surface area contributed by atoms with Crippen LogP contribution in [0.4, 0.5) is 5.69 Å². The molecule has 0 unspecified atom stereocenters. The van der Waals surface area contributed by atoms with E-state index in [0.29, 0.717) is 12.5 Å². The van der Waals surface area contributed by atoms with Crippen molar-refractivity contribution in [3.8, 4) is 0 Å². The summed E-state index contributed by atoms with van der Waals surface area (Å²) in [6.07, 6.45) is 5.90. The molecule has 122 valence electrons. The minimum absolute atomic E-state index is 0.0355. The minimum atomic E-state index is -0.0355. The number of hydrogen-bond donors (Lipinski definition) is 2. The van der Waals surface area contributed by atoms with E-state index in [2.05, 4.69) is 39.5 Å². The van der Waals surface area contributed by atoms with Gasteiger partial charge in [0.05, 0.1) is 6.42 Å². The lowest BCUT2D eigenvalue weighted by atomic mass is 10.0. The Balaban J connectivity index is 1.53. The van der Waals surface area contributed by atoms with Crippen molar-refractivity contribution in [3.05, 3.63) is 47.8 Å². The Morgan fingerprint density at radius 1 is 1.30 bits per heavy atom. The van der Waals surface area contributed by atoms with E-state index in [1.54, 1.807) is 6.20 Å². The van der Waals surface area contributed by atoms with Crippen LogP contribution in [0, 0.1) is 0 Å². The molecule has 0 saturated carbocycles. The van der Waals surface area contributed by atoms with Crippen LogP contribution in [0.5, 0.6) is 0 Å². The second-order valence-corrected chi connectivity index (χ2v) is 6.32. The largest absolute Gasteiger partial charge is 0.326 e. The number of H-pyrrole nitrogens is 1. The van der Waals surface area contributed by atoms with E-state index < -0.39 is 0 Å². The molecule has 0 aliphatic carbocycles. The summed E-state index contributed by atoms with van der Waals surface area (Å²) >= 11 is 0. The molecule has 1 saturated heterocycles. The lowest BCUT2D eigenvalue weighted by Crippen LogP contribution is -2.36. The van der Waals surface area contributed by atoms with Gasteiger partial charge in [-0.05, 0) is 50.1 Å². The van der Waals surface area contributed by atoms with Gasteiger partial charge in [0, 0.05) is 30.2 Å². The smallest absolute Gasteiger partial charge is 0.230 e. The van der Waals surface area contributed by atoms with Crippen molar-refractivity contribution in [2.75, 3.05) is 11.9 Å². The van der Waals surface area contributed by atoms with Crippen molar-refractivity contribution in [2.24, 2.45) is 0 Å². The highest BCUT2D eigenvalue weighted by atomic mass is 16.1. The Bertz CT molecular complexity index is 621. The number of benzene rings is 1. The van der Waals surface area contributed by atoms with Gasteiger partial charge < -0.3 is 5.32 Å². The molecular weight excluding hydrogens is 288 g/mol. The first kappa shape index (κ1) is 15.7. The number of carbonyl (C=O) groups is 1. The SMILES string of the molecule is C[C@H]1CCCCN1Cc1ccc(NC(=O)Cc2ccn[nH]2)cc1. The van der Waals surface area contributed by atoms with Crippen molar-refractivity contribution >= 4 is 11.6 Å². The number of amides is 1. The van der Waals surface area contributed by atoms with Crippen molar-refractivity contribution in [3.63, 3.8) is 0 Å². The Kier molecular flexibility index (Phi) is 5.08. The molecule has 0 radical (unpaired) electrons. The van der Waals surface area contributed by atoms with Crippen molar-refractivity contribution in [2.45, 2.75) is 45.2 Å². The lowest BCUT2D eigenvalue weighted by Gasteiger charge is -2.33. The fourth-order valence-corrected chi connectivity index (χ4v) is 3.08. The molecule has 1 aliphatic heterocycles. The number of aromatic nitrogens is 2. The molecule has 3 rings (SSSR count). The van der Waals surface area contributed by atoms with Crippen molar-refractivity contribution in [1.82, 2.24) is 15.1 Å². The Labute approximate surface area is 137 Å². The lowest BCUT2D eigenvalue weighted by molar-refractivity contribution is -0.115. The number of nitrogens with one attached hydrogen (secondary N) is 2. The molecule has 1 aromatic heterocycles. The van der Waals surface area contributed by atoms with Crippen molar-refractivity contribution in [1.29, 1.82) is 0 Å². The van der Waals surface area contributed by atoms with Gasteiger partial charge in [0.1, 0.15) is 0 Å². The summed E-state index contributed by atoms with van der Waals surface area (Å²) in [6, 6.07) is 10.6. The van der Waals surface area contributed by atoms with Gasteiger partial charge in [0.15, 0.2) is 0 Å². The van der Waals surface area contributed by atoms with Gasteiger partial charge >= 0.3 is 0 Å². The predicted octanol–water partition coefficient (Wildman–Crippen LogP) is 2.97. The normalized spacial score (nSPS) is 18.7. The average molecular weight is 312 g/mol. The molecule has 1 atom stereocenters. The molecule has 1 aliphatic rings. The number of carbonyl (C=O) groups excluding carboxylic acids is 1. The second kappa shape index (κ2) is 7.42. The molecule has 23 heavy (non-hydrogen) atoms.